The summed E-state index contributed by atoms with van der Waals surface area (Å²) in [6.45, 7) is 14.9. The zero-order valence-electron chi connectivity index (χ0n) is 51.7. The molecule has 0 spiro atoms. The minimum atomic E-state index is -0.586. The summed E-state index contributed by atoms with van der Waals surface area (Å²) in [5.41, 5.74) is 17.8. The Morgan fingerprint density at radius 1 is 0.337 bits per heavy atom. The van der Waals surface area contributed by atoms with Gasteiger partial charge < -0.3 is 56.8 Å². The van der Waals surface area contributed by atoms with Crippen LogP contribution in [0.25, 0.3) is 0 Å². The van der Waals surface area contributed by atoms with Crippen LogP contribution in [0.3, 0.4) is 0 Å². The Bertz CT molecular complexity index is 4000. The van der Waals surface area contributed by atoms with Crippen molar-refractivity contribution in [1.82, 2.24) is 0 Å². The highest BCUT2D eigenvalue weighted by atomic mass is 16.5. The topological polar surface area (TPSA) is 111 Å². The van der Waals surface area contributed by atoms with Crippen LogP contribution in [-0.4, -0.2) is 83.3 Å². The third kappa shape index (κ3) is 8.35. The van der Waals surface area contributed by atoms with Crippen LogP contribution in [0.15, 0.2) is 121 Å². The molecule has 0 amide bonds. The van der Waals surface area contributed by atoms with E-state index in [9.17, 15) is 0 Å². The van der Waals surface area contributed by atoms with Crippen molar-refractivity contribution in [3.8, 4) is 69.0 Å². The Morgan fingerprint density at radius 2 is 0.733 bits per heavy atom. The predicted molar refractivity (Wildman–Crippen MR) is 332 cm³/mol. The lowest BCUT2D eigenvalue weighted by Gasteiger charge is -2.56. The van der Waals surface area contributed by atoms with Gasteiger partial charge in [0.1, 0.15) is 36.2 Å². The molecule has 444 valence electrons. The molecular weight excluding hydrogens is 1080 g/mol. The summed E-state index contributed by atoms with van der Waals surface area (Å²) in [7, 11) is 13.5. The third-order valence-corrected chi connectivity index (χ3v) is 20.2. The molecule has 0 bridgehead atoms. The zero-order chi connectivity index (χ0) is 60.1. The van der Waals surface area contributed by atoms with Gasteiger partial charge in [0.05, 0.1) is 80.9 Å². The van der Waals surface area contributed by atoms with Crippen molar-refractivity contribution in [2.45, 2.75) is 87.9 Å². The second-order valence-electron chi connectivity index (χ2n) is 24.0. The number of benzene rings is 8. The lowest BCUT2D eigenvalue weighted by atomic mass is 9.49. The van der Waals surface area contributed by atoms with E-state index in [-0.39, 0.29) is 35.5 Å². The van der Waals surface area contributed by atoms with E-state index in [4.69, 9.17) is 56.8 Å². The summed E-state index contributed by atoms with van der Waals surface area (Å²) < 4.78 is 73.5. The molecule has 8 unspecified atom stereocenters. The van der Waals surface area contributed by atoms with Gasteiger partial charge in [-0.25, -0.2) is 0 Å². The predicted octanol–water partition coefficient (Wildman–Crippen LogP) is 14.8. The van der Waals surface area contributed by atoms with E-state index in [1.54, 1.807) is 56.9 Å². The Labute approximate surface area is 505 Å². The number of rotatable bonds is 10. The van der Waals surface area contributed by atoms with E-state index in [0.29, 0.717) is 72.4 Å². The molecule has 8 atom stereocenters. The van der Waals surface area contributed by atoms with Crippen molar-refractivity contribution in [2.75, 3.05) is 83.3 Å². The van der Waals surface area contributed by atoms with Crippen molar-refractivity contribution in [3.63, 3.8) is 0 Å². The van der Waals surface area contributed by atoms with Crippen molar-refractivity contribution < 1.29 is 56.8 Å². The van der Waals surface area contributed by atoms with E-state index in [1.807, 2.05) is 12.1 Å². The molecular formula is C74H76O12. The summed E-state index contributed by atoms with van der Waals surface area (Å²) >= 11 is 0. The van der Waals surface area contributed by atoms with Crippen LogP contribution in [-0.2, 0) is 10.8 Å². The molecule has 0 saturated carbocycles. The maximum absolute atomic E-state index is 6.91. The van der Waals surface area contributed by atoms with Gasteiger partial charge in [0.25, 0.3) is 0 Å². The van der Waals surface area contributed by atoms with Crippen LogP contribution >= 0.6 is 0 Å². The van der Waals surface area contributed by atoms with Crippen LogP contribution in [0.5, 0.6) is 69.0 Å². The summed E-state index contributed by atoms with van der Waals surface area (Å²) in [6, 6.07) is 43.5. The minimum absolute atomic E-state index is 0.0315. The standard InChI is InChI=1S/C38H40O6.C36H36O6/c1-20-9-12-25-34-28(18-43-36(25)22(20)3)27-16-32(41-7)33(42-8)17-29(27)38(24-11-14-30(39-5)31(15-24)40-6)19-44-37-23(4)21(2)10-13-26(37)35(34)38;1-20-7-10-23-29(13-20)41-18-26-25-16-32(39-5)33(40-6)17-27(25)36(22-9-12-28(37-3)31(15-22)38-4)19-42-30-14-21(2)8-11-24(30)35(36)34(23)26/h9-17,28,34-35H,18-19H2,1-8H3;7-17,26,34-35H,18-19H2,1-6H3. The average molecular weight is 1160 g/mol. The van der Waals surface area contributed by atoms with Gasteiger partial charge in [0, 0.05) is 35.5 Å². The van der Waals surface area contributed by atoms with Gasteiger partial charge in [0.2, 0.25) is 0 Å². The lowest BCUT2D eigenvalue weighted by molar-refractivity contribution is 0.124. The zero-order valence-corrected chi connectivity index (χ0v) is 51.7. The monoisotopic (exact) mass is 1160 g/mol. The van der Waals surface area contributed by atoms with Crippen LogP contribution in [0, 0.1) is 41.5 Å². The summed E-state index contributed by atoms with van der Waals surface area (Å²) in [4.78, 5) is 0. The molecule has 4 aliphatic heterocycles. The van der Waals surface area contributed by atoms with E-state index in [0.717, 1.165) is 45.3 Å². The van der Waals surface area contributed by atoms with E-state index < -0.39 is 10.8 Å². The maximum Gasteiger partial charge on any atom is 0.161 e. The Hall–Kier alpha value is -8.64. The first-order valence-electron chi connectivity index (χ1n) is 29.6. The van der Waals surface area contributed by atoms with Gasteiger partial charge >= 0.3 is 0 Å². The summed E-state index contributed by atoms with van der Waals surface area (Å²) in [6.07, 6.45) is 0. The summed E-state index contributed by atoms with van der Waals surface area (Å²) in [5.74, 6) is 9.95. The molecule has 0 N–H and O–H groups in total. The van der Waals surface area contributed by atoms with Crippen LogP contribution in [0.4, 0.5) is 0 Å². The molecule has 8 aromatic carbocycles. The van der Waals surface area contributed by atoms with Gasteiger partial charge in [-0.1, -0.05) is 60.7 Å². The fourth-order valence-corrected chi connectivity index (χ4v) is 15.8. The number of ether oxygens (including phenoxy) is 12. The van der Waals surface area contributed by atoms with Crippen LogP contribution in [0.2, 0.25) is 0 Å². The SMILES string of the molecule is COc1ccc(C23COc4c(ccc(C)c4C)C2C2c4ccc(C)c(C)c4OCC2c2cc(OC)c(OC)cc23)cc1OC.COc1ccc(C23COc4cc(C)ccc4C2C2c4ccc(C)cc4OCC2c2cc(OC)c(OC)cc23)cc1OC. The molecule has 14 rings (SSSR count). The molecule has 0 aromatic heterocycles. The van der Waals surface area contributed by atoms with Crippen molar-refractivity contribution >= 4 is 0 Å². The fourth-order valence-electron chi connectivity index (χ4n) is 15.8. The largest absolute Gasteiger partial charge is 0.493 e. The second-order valence-corrected chi connectivity index (χ2v) is 24.0. The average Bonchev–Trinajstić information content (AvgIpc) is 0.718. The van der Waals surface area contributed by atoms with Gasteiger partial charge in [0.15, 0.2) is 46.0 Å². The third-order valence-electron chi connectivity index (χ3n) is 20.2. The Kier molecular flexibility index (Phi) is 14.3. The Balaban J connectivity index is 0.000000160. The highest BCUT2D eigenvalue weighted by molar-refractivity contribution is 5.69. The van der Waals surface area contributed by atoms with Crippen LogP contribution < -0.4 is 56.8 Å². The number of methoxy groups -OCH3 is 8. The normalized spacial score (nSPS) is 22.8. The van der Waals surface area contributed by atoms with Crippen molar-refractivity contribution in [3.05, 3.63) is 210 Å². The molecule has 8 aromatic rings. The highest BCUT2D eigenvalue weighted by Crippen LogP contribution is 2.69. The Morgan fingerprint density at radius 3 is 1.24 bits per heavy atom. The molecule has 86 heavy (non-hydrogen) atoms. The van der Waals surface area contributed by atoms with Crippen molar-refractivity contribution in [1.29, 1.82) is 0 Å². The number of fused-ring (bicyclic) bond motifs is 20. The van der Waals surface area contributed by atoms with Crippen LogP contribution in [0.1, 0.15) is 125 Å². The smallest absolute Gasteiger partial charge is 0.161 e. The molecule has 12 nitrogen and oxygen atoms in total. The molecule has 0 fully saturated rings. The molecule has 12 heteroatoms. The van der Waals surface area contributed by atoms with E-state index >= 15 is 0 Å². The van der Waals surface area contributed by atoms with Crippen molar-refractivity contribution in [2.24, 2.45) is 0 Å². The fraction of sp³-hybridized carbons (Fsp3) is 0.351. The maximum atomic E-state index is 6.91. The quantitative estimate of drug-likeness (QED) is 0.130. The number of hydrogen-bond donors (Lipinski definition) is 0. The molecule has 0 saturated heterocycles. The lowest BCUT2D eigenvalue weighted by Crippen LogP contribution is -2.52. The van der Waals surface area contributed by atoms with E-state index in [2.05, 4.69) is 151 Å². The molecule has 2 aliphatic carbocycles. The number of hydrogen-bond acceptors (Lipinski definition) is 12. The highest BCUT2D eigenvalue weighted by Gasteiger charge is 2.61. The second kappa shape index (κ2) is 21.7. The molecule has 6 aliphatic rings. The molecule has 0 radical (unpaired) electrons. The van der Waals surface area contributed by atoms with E-state index in [1.165, 1.54) is 66.8 Å². The van der Waals surface area contributed by atoms with Gasteiger partial charge in [-0.2, -0.15) is 0 Å². The first-order valence-corrected chi connectivity index (χ1v) is 29.6. The van der Waals surface area contributed by atoms with Gasteiger partial charge in [-0.15, -0.1) is 0 Å². The number of aryl methyl sites for hydroxylation is 4. The summed E-state index contributed by atoms with van der Waals surface area (Å²) in [5, 5.41) is 0. The minimum Gasteiger partial charge on any atom is -0.493 e. The molecule has 4 heterocycles. The van der Waals surface area contributed by atoms with Gasteiger partial charge in [-0.05, 0) is 191 Å². The van der Waals surface area contributed by atoms with Gasteiger partial charge in [-0.3, -0.25) is 0 Å². The first kappa shape index (κ1) is 56.5. The first-order chi connectivity index (χ1) is 41.7.